The van der Waals surface area contributed by atoms with E-state index in [1.165, 1.54) is 0 Å². The molecular weight excluding hydrogens is 266 g/mol. The van der Waals surface area contributed by atoms with Crippen molar-refractivity contribution < 1.29 is 24.6 Å². The Morgan fingerprint density at radius 2 is 1.75 bits per heavy atom. The summed E-state index contributed by atoms with van der Waals surface area (Å²) in [6, 6.07) is 4.66. The number of carboxylic acid groups (broad SMARTS) is 1. The third kappa shape index (κ3) is 4.25. The lowest BCUT2D eigenvalue weighted by atomic mass is 10.1. The van der Waals surface area contributed by atoms with Crippen molar-refractivity contribution in [1.29, 1.82) is 0 Å². The van der Waals surface area contributed by atoms with Crippen molar-refractivity contribution in [3.05, 3.63) is 35.9 Å². The van der Waals surface area contributed by atoms with Gasteiger partial charge in [-0.2, -0.15) is 0 Å². The summed E-state index contributed by atoms with van der Waals surface area (Å²) in [6.45, 7) is -0.765. The van der Waals surface area contributed by atoms with E-state index in [2.05, 4.69) is 10.6 Å². The van der Waals surface area contributed by atoms with Crippen molar-refractivity contribution >= 4 is 17.9 Å². The summed E-state index contributed by atoms with van der Waals surface area (Å²) < 4.78 is 0. The molecule has 108 valence electrons. The molecule has 0 aromatic heterocycles. The molecule has 8 nitrogen and oxygen atoms in total. The molecule has 8 heteroatoms. The number of rotatable bonds is 6. The lowest BCUT2D eigenvalue weighted by molar-refractivity contribution is -0.143. The molecule has 1 aromatic rings. The Hall–Kier alpha value is -2.61. The van der Waals surface area contributed by atoms with Crippen molar-refractivity contribution in [1.82, 2.24) is 10.6 Å². The quantitative estimate of drug-likeness (QED) is 0.452. The maximum atomic E-state index is 12.0. The second kappa shape index (κ2) is 7.10. The van der Waals surface area contributed by atoms with Crippen LogP contribution in [0.15, 0.2) is 30.3 Å². The van der Waals surface area contributed by atoms with Crippen LogP contribution in [0.2, 0.25) is 0 Å². The number of hydrogen-bond acceptors (Lipinski definition) is 4. The molecule has 0 bridgehead atoms. The minimum Gasteiger partial charge on any atom is -0.480 e. The number of carbonyl (C=O) groups is 3. The molecule has 0 radical (unpaired) electrons. The normalized spacial score (nSPS) is 13.1. The van der Waals surface area contributed by atoms with Crippen LogP contribution in [0.25, 0.3) is 0 Å². The van der Waals surface area contributed by atoms with Crippen LogP contribution in [0, 0.1) is 0 Å². The number of aliphatic carboxylic acids is 1. The molecule has 6 N–H and O–H groups in total. The summed E-state index contributed by atoms with van der Waals surface area (Å²) in [4.78, 5) is 33.7. The fourth-order valence-electron chi connectivity index (χ4n) is 1.53. The maximum absolute atomic E-state index is 12.0. The average Bonchev–Trinajstić information content (AvgIpc) is 2.42. The van der Waals surface area contributed by atoms with Crippen molar-refractivity contribution in [2.75, 3.05) is 6.61 Å². The first-order valence-corrected chi connectivity index (χ1v) is 5.70. The van der Waals surface area contributed by atoms with Gasteiger partial charge >= 0.3 is 12.0 Å². The lowest BCUT2D eigenvalue weighted by Gasteiger charge is -2.20. The third-order valence-electron chi connectivity index (χ3n) is 2.48. The Morgan fingerprint density at radius 1 is 1.15 bits per heavy atom. The van der Waals surface area contributed by atoms with Crippen molar-refractivity contribution in [2.45, 2.75) is 12.1 Å². The van der Waals surface area contributed by atoms with Gasteiger partial charge in [0.2, 0.25) is 5.91 Å². The van der Waals surface area contributed by atoms with Gasteiger partial charge in [0.25, 0.3) is 0 Å². The van der Waals surface area contributed by atoms with Gasteiger partial charge in [-0.15, -0.1) is 0 Å². The highest BCUT2D eigenvalue weighted by Gasteiger charge is 2.26. The van der Waals surface area contributed by atoms with E-state index in [1.54, 1.807) is 30.3 Å². The molecule has 0 fully saturated rings. The highest BCUT2D eigenvalue weighted by Crippen LogP contribution is 2.12. The molecule has 0 spiro atoms. The summed E-state index contributed by atoms with van der Waals surface area (Å²) in [5.41, 5.74) is 5.43. The first-order valence-electron chi connectivity index (χ1n) is 5.70. The number of benzene rings is 1. The molecule has 0 aliphatic rings. The fraction of sp³-hybridized carbons (Fsp3) is 0.250. The standard InChI is InChI=1S/C12H15N3O5/c13-12(20)15-9(7-4-2-1-3-5-7)10(17)14-8(6-16)11(18)19/h1-5,8-9,16H,6H2,(H,14,17)(H,18,19)(H3,13,15,20)/t8-,9?/m1/s1. The fourth-order valence-corrected chi connectivity index (χ4v) is 1.53. The van der Waals surface area contributed by atoms with E-state index in [9.17, 15) is 14.4 Å². The number of urea groups is 1. The van der Waals surface area contributed by atoms with Gasteiger partial charge in [-0.1, -0.05) is 30.3 Å². The third-order valence-corrected chi connectivity index (χ3v) is 2.48. The minimum atomic E-state index is -1.46. The van der Waals surface area contributed by atoms with E-state index < -0.39 is 36.6 Å². The predicted octanol–water partition coefficient (Wildman–Crippen LogP) is -1.04. The van der Waals surface area contributed by atoms with E-state index in [-0.39, 0.29) is 0 Å². The van der Waals surface area contributed by atoms with Crippen LogP contribution in [-0.2, 0) is 9.59 Å². The molecule has 0 saturated heterocycles. The monoisotopic (exact) mass is 281 g/mol. The van der Waals surface area contributed by atoms with Crippen LogP contribution in [0.3, 0.4) is 0 Å². The largest absolute Gasteiger partial charge is 0.480 e. The zero-order valence-corrected chi connectivity index (χ0v) is 10.4. The number of aliphatic hydroxyl groups excluding tert-OH is 1. The summed E-state index contributed by atoms with van der Waals surface area (Å²) in [5.74, 6) is -2.16. The van der Waals surface area contributed by atoms with Crippen LogP contribution < -0.4 is 16.4 Å². The molecule has 0 saturated carbocycles. The molecule has 0 aliphatic heterocycles. The Kier molecular flexibility index (Phi) is 5.48. The van der Waals surface area contributed by atoms with E-state index in [1.807, 2.05) is 0 Å². The van der Waals surface area contributed by atoms with Gasteiger partial charge in [-0.3, -0.25) is 4.79 Å². The van der Waals surface area contributed by atoms with Gasteiger partial charge in [-0.25, -0.2) is 9.59 Å². The Morgan fingerprint density at radius 3 is 2.20 bits per heavy atom. The number of aliphatic hydroxyl groups is 1. The van der Waals surface area contributed by atoms with Gasteiger partial charge in [0.05, 0.1) is 6.61 Å². The van der Waals surface area contributed by atoms with Crippen molar-refractivity contribution in [3.63, 3.8) is 0 Å². The second-order valence-electron chi connectivity index (χ2n) is 3.93. The molecule has 3 amide bonds. The number of amides is 3. The molecule has 1 aromatic carbocycles. The van der Waals surface area contributed by atoms with Crippen LogP contribution in [0.1, 0.15) is 11.6 Å². The Bertz CT molecular complexity index is 491. The number of nitrogens with one attached hydrogen (secondary N) is 2. The molecule has 1 rings (SSSR count). The van der Waals surface area contributed by atoms with E-state index >= 15 is 0 Å². The van der Waals surface area contributed by atoms with Gasteiger partial charge < -0.3 is 26.6 Å². The minimum absolute atomic E-state index is 0.436. The maximum Gasteiger partial charge on any atom is 0.328 e. The zero-order chi connectivity index (χ0) is 15.1. The zero-order valence-electron chi connectivity index (χ0n) is 10.4. The van der Waals surface area contributed by atoms with Gasteiger partial charge in [-0.05, 0) is 5.56 Å². The molecular formula is C12H15N3O5. The summed E-state index contributed by atoms with van der Waals surface area (Å²) in [5, 5.41) is 22.0. The number of hydrogen-bond donors (Lipinski definition) is 5. The van der Waals surface area contributed by atoms with Crippen LogP contribution in [-0.4, -0.2) is 40.8 Å². The van der Waals surface area contributed by atoms with Crippen LogP contribution in [0.4, 0.5) is 4.79 Å². The van der Waals surface area contributed by atoms with Gasteiger partial charge in [0.1, 0.15) is 12.1 Å². The summed E-state index contributed by atoms with van der Waals surface area (Å²) >= 11 is 0. The highest BCUT2D eigenvalue weighted by molar-refractivity contribution is 5.90. The first-order chi connectivity index (χ1) is 9.45. The summed E-state index contributed by atoms with van der Waals surface area (Å²) in [6.07, 6.45) is 0. The van der Waals surface area contributed by atoms with E-state index in [0.29, 0.717) is 5.56 Å². The van der Waals surface area contributed by atoms with E-state index in [0.717, 1.165) is 0 Å². The molecule has 1 unspecified atom stereocenters. The SMILES string of the molecule is NC(=O)NC(C(=O)N[C@H](CO)C(=O)O)c1ccccc1. The van der Waals surface area contributed by atoms with E-state index in [4.69, 9.17) is 15.9 Å². The molecule has 0 heterocycles. The molecule has 20 heavy (non-hydrogen) atoms. The topological polar surface area (TPSA) is 142 Å². The number of carboxylic acids is 1. The average molecular weight is 281 g/mol. The number of carbonyl (C=O) groups excluding carboxylic acids is 2. The Labute approximate surface area is 114 Å². The predicted molar refractivity (Wildman–Crippen MR) is 68.6 cm³/mol. The lowest BCUT2D eigenvalue weighted by Crippen LogP contribution is -2.49. The smallest absolute Gasteiger partial charge is 0.328 e. The Balaban J connectivity index is 2.91. The van der Waals surface area contributed by atoms with Crippen LogP contribution >= 0.6 is 0 Å². The van der Waals surface area contributed by atoms with Crippen molar-refractivity contribution in [2.24, 2.45) is 5.73 Å². The molecule has 2 atom stereocenters. The molecule has 0 aliphatic carbocycles. The number of primary amides is 1. The van der Waals surface area contributed by atoms with Gasteiger partial charge in [0.15, 0.2) is 0 Å². The second-order valence-corrected chi connectivity index (χ2v) is 3.93. The van der Waals surface area contributed by atoms with Crippen molar-refractivity contribution in [3.8, 4) is 0 Å². The first kappa shape index (κ1) is 15.4. The van der Waals surface area contributed by atoms with Crippen LogP contribution in [0.5, 0.6) is 0 Å². The van der Waals surface area contributed by atoms with Gasteiger partial charge in [0, 0.05) is 0 Å². The highest BCUT2D eigenvalue weighted by atomic mass is 16.4. The number of nitrogens with two attached hydrogens (primary N) is 1. The summed E-state index contributed by atoms with van der Waals surface area (Å²) in [7, 11) is 0.